The first-order valence-electron chi connectivity index (χ1n) is 16.8. The fourth-order valence-corrected chi connectivity index (χ4v) is 8.99. The van der Waals surface area contributed by atoms with Crippen molar-refractivity contribution in [3.05, 3.63) is 52.1 Å². The predicted octanol–water partition coefficient (Wildman–Crippen LogP) is 5.59. The zero-order valence-electron chi connectivity index (χ0n) is 27.6. The van der Waals surface area contributed by atoms with E-state index in [-0.39, 0.29) is 35.4 Å². The molecule has 2 saturated carbocycles. The minimum absolute atomic E-state index is 0.124. The third kappa shape index (κ3) is 5.10. The van der Waals surface area contributed by atoms with Crippen LogP contribution >= 0.6 is 0 Å². The first-order valence-corrected chi connectivity index (χ1v) is 16.8. The Morgan fingerprint density at radius 1 is 1.11 bits per heavy atom. The predicted molar refractivity (Wildman–Crippen MR) is 173 cm³/mol. The van der Waals surface area contributed by atoms with E-state index in [2.05, 4.69) is 56.6 Å². The van der Waals surface area contributed by atoms with Crippen LogP contribution in [0.3, 0.4) is 0 Å². The monoisotopic (exact) mass is 610 g/mol. The van der Waals surface area contributed by atoms with E-state index in [1.165, 1.54) is 36.5 Å². The third-order valence-corrected chi connectivity index (χ3v) is 11.2. The van der Waals surface area contributed by atoms with Gasteiger partial charge in [-0.1, -0.05) is 25.8 Å². The van der Waals surface area contributed by atoms with Gasteiger partial charge in [-0.15, -0.1) is 0 Å². The summed E-state index contributed by atoms with van der Waals surface area (Å²) in [7, 11) is 1.65. The average Bonchev–Trinajstić information content (AvgIpc) is 3.76. The second-order valence-electron chi connectivity index (χ2n) is 14.5. The van der Waals surface area contributed by atoms with Crippen molar-refractivity contribution in [1.82, 2.24) is 9.80 Å². The molecule has 3 aliphatic carbocycles. The van der Waals surface area contributed by atoms with Crippen LogP contribution in [0, 0.1) is 43.4 Å². The van der Waals surface area contributed by atoms with E-state index in [9.17, 15) is 9.59 Å². The van der Waals surface area contributed by atoms with Crippen molar-refractivity contribution >= 4 is 11.9 Å². The first kappa shape index (κ1) is 30.2. The van der Waals surface area contributed by atoms with Gasteiger partial charge in [-0.05, 0) is 99.9 Å². The minimum atomic E-state index is -0.332. The molecule has 1 amide bonds. The van der Waals surface area contributed by atoms with Crippen LogP contribution in [0.15, 0.2) is 24.3 Å². The number of carbonyl (C=O) groups excluding carboxylic acids is 2. The lowest BCUT2D eigenvalue weighted by atomic mass is 9.50. The van der Waals surface area contributed by atoms with Gasteiger partial charge in [0.15, 0.2) is 11.5 Å². The maximum atomic E-state index is 14.1. The van der Waals surface area contributed by atoms with Gasteiger partial charge in [-0.2, -0.15) is 0 Å². The molecular formula is C38H46N2O5. The molecule has 7 rings (SSSR count). The number of rotatable bonds is 7. The van der Waals surface area contributed by atoms with Crippen molar-refractivity contribution in [2.24, 2.45) is 17.8 Å². The quantitative estimate of drug-likeness (QED) is 0.231. The zero-order chi connectivity index (χ0) is 31.6. The number of piperidine rings is 1. The maximum absolute atomic E-state index is 14.1. The molecule has 0 N–H and O–H groups in total. The van der Waals surface area contributed by atoms with E-state index in [1.807, 2.05) is 17.0 Å². The Kier molecular flexibility index (Phi) is 7.63. The number of esters is 1. The summed E-state index contributed by atoms with van der Waals surface area (Å²) < 4.78 is 18.9. The smallest absolute Gasteiger partial charge is 0.308 e. The fraction of sp³-hybridized carbons (Fsp3) is 0.579. The van der Waals surface area contributed by atoms with Crippen molar-refractivity contribution in [2.75, 3.05) is 26.7 Å². The Hall–Kier alpha value is -3.50. The summed E-state index contributed by atoms with van der Waals surface area (Å²) in [5, 5.41) is 0. The number of hydrogen-bond donors (Lipinski definition) is 0. The van der Waals surface area contributed by atoms with E-state index in [0.717, 1.165) is 61.6 Å². The molecule has 2 aliphatic heterocycles. The van der Waals surface area contributed by atoms with Gasteiger partial charge in [0.05, 0.1) is 13.2 Å². The summed E-state index contributed by atoms with van der Waals surface area (Å²) in [4.78, 5) is 31.1. The molecule has 1 saturated heterocycles. The highest BCUT2D eigenvalue weighted by atomic mass is 16.5. The van der Waals surface area contributed by atoms with E-state index in [1.54, 1.807) is 7.11 Å². The molecule has 0 unspecified atom stereocenters. The van der Waals surface area contributed by atoms with Gasteiger partial charge < -0.3 is 19.1 Å². The number of ether oxygens (including phenoxy) is 3. The summed E-state index contributed by atoms with van der Waals surface area (Å²) in [6, 6.07) is 8.17. The molecule has 5 atom stereocenters. The number of nitrogens with zero attached hydrogens (tertiary/aromatic N) is 2. The summed E-state index contributed by atoms with van der Waals surface area (Å²) in [5.41, 5.74) is 5.20. The summed E-state index contributed by atoms with van der Waals surface area (Å²) >= 11 is 0. The standard InChI is InChI=1S/C38H46N2O5/c1-22(2)20-40(34(42)14-11-26-8-7-23(3)24(4)17-26)30-13-12-29-31-18-28-32(44-25(5)41)19-33(43-6)36-35(28)38(29,37(30)45-36)15-16-39(31)21-27-9-10-27/h7-8,17,19,22,27,29-31,37H,9-10,12-13,15-16,18,20-21H2,1-6H3/t29-,30+,31+,37-,38-/m0/s1. The van der Waals surface area contributed by atoms with Crippen molar-refractivity contribution in [3.8, 4) is 29.1 Å². The number of likely N-dealkylation sites (tertiary alicyclic amines) is 1. The molecule has 45 heavy (non-hydrogen) atoms. The highest BCUT2D eigenvalue weighted by Gasteiger charge is 2.67. The second-order valence-corrected chi connectivity index (χ2v) is 14.5. The normalized spacial score (nSPS) is 27.6. The average molecular weight is 611 g/mol. The van der Waals surface area contributed by atoms with Crippen molar-refractivity contribution in [3.63, 3.8) is 0 Å². The molecule has 0 aromatic heterocycles. The first-order chi connectivity index (χ1) is 21.6. The highest BCUT2D eigenvalue weighted by Crippen LogP contribution is 2.66. The number of benzene rings is 2. The van der Waals surface area contributed by atoms with Crippen LogP contribution in [-0.2, 0) is 21.4 Å². The molecule has 7 nitrogen and oxygen atoms in total. The Morgan fingerprint density at radius 3 is 2.60 bits per heavy atom. The molecule has 2 aromatic rings. The van der Waals surface area contributed by atoms with Gasteiger partial charge >= 0.3 is 5.97 Å². The van der Waals surface area contributed by atoms with E-state index >= 15 is 0 Å². The van der Waals surface area contributed by atoms with Crippen LogP contribution < -0.4 is 14.2 Å². The minimum Gasteiger partial charge on any atom is -0.493 e. The number of carbonyl (C=O) groups is 2. The van der Waals surface area contributed by atoms with Crippen LogP contribution in [0.5, 0.6) is 17.2 Å². The van der Waals surface area contributed by atoms with Crippen LogP contribution in [0.1, 0.15) is 80.7 Å². The lowest BCUT2D eigenvalue weighted by molar-refractivity contribution is -0.138. The summed E-state index contributed by atoms with van der Waals surface area (Å²) in [6.07, 6.45) is 6.09. The third-order valence-electron chi connectivity index (χ3n) is 11.2. The van der Waals surface area contributed by atoms with Crippen molar-refractivity contribution < 1.29 is 23.8 Å². The number of hydrogen-bond acceptors (Lipinski definition) is 6. The van der Waals surface area contributed by atoms with Crippen LogP contribution in [0.25, 0.3) is 0 Å². The van der Waals surface area contributed by atoms with Crippen LogP contribution in [-0.4, -0.2) is 66.6 Å². The zero-order valence-corrected chi connectivity index (χ0v) is 27.6. The number of amides is 1. The Bertz CT molecular complexity index is 1600. The van der Waals surface area contributed by atoms with E-state index < -0.39 is 0 Å². The molecular weight excluding hydrogens is 564 g/mol. The summed E-state index contributed by atoms with van der Waals surface area (Å²) in [5.74, 6) is 9.14. The number of methoxy groups -OCH3 is 1. The second kappa shape index (κ2) is 11.4. The van der Waals surface area contributed by atoms with Crippen molar-refractivity contribution in [1.29, 1.82) is 0 Å². The number of aryl methyl sites for hydroxylation is 2. The van der Waals surface area contributed by atoms with Gasteiger partial charge in [0.1, 0.15) is 11.9 Å². The van der Waals surface area contributed by atoms with E-state index in [4.69, 9.17) is 14.2 Å². The highest BCUT2D eigenvalue weighted by molar-refractivity contribution is 5.94. The SMILES string of the molecule is COc1cc(OC(C)=O)c2c3c1O[C@H]1[C@H](N(CC(C)C)C(=O)C#Cc4ccc(C)c(C)c4)CC[C@H]4[C@@H](C2)N(CC2CC2)CC[C@@]341. The molecule has 1 spiro atoms. The molecule has 238 valence electrons. The van der Waals surface area contributed by atoms with Gasteiger partial charge in [0.2, 0.25) is 0 Å². The van der Waals surface area contributed by atoms with Gasteiger partial charge in [-0.3, -0.25) is 14.5 Å². The molecule has 2 bridgehead atoms. The van der Waals surface area contributed by atoms with Gasteiger partial charge in [0.25, 0.3) is 5.91 Å². The topological polar surface area (TPSA) is 68.3 Å². The van der Waals surface area contributed by atoms with Crippen LogP contribution in [0.4, 0.5) is 0 Å². The Labute approximate surface area is 267 Å². The molecule has 2 aromatic carbocycles. The Morgan fingerprint density at radius 2 is 1.91 bits per heavy atom. The largest absolute Gasteiger partial charge is 0.493 e. The van der Waals surface area contributed by atoms with E-state index in [0.29, 0.717) is 30.0 Å². The molecule has 3 fully saturated rings. The van der Waals surface area contributed by atoms with Gasteiger partial charge in [0, 0.05) is 60.1 Å². The molecule has 0 radical (unpaired) electrons. The van der Waals surface area contributed by atoms with Crippen LogP contribution in [0.2, 0.25) is 0 Å². The maximum Gasteiger partial charge on any atom is 0.308 e. The molecule has 2 heterocycles. The lowest BCUT2D eigenvalue weighted by Crippen LogP contribution is -2.69. The lowest BCUT2D eigenvalue weighted by Gasteiger charge is -2.60. The molecule has 7 heteroatoms. The Balaban J connectivity index is 1.31. The van der Waals surface area contributed by atoms with Gasteiger partial charge in [-0.25, -0.2) is 0 Å². The fourth-order valence-electron chi connectivity index (χ4n) is 8.99. The summed E-state index contributed by atoms with van der Waals surface area (Å²) in [6.45, 7) is 12.7. The van der Waals surface area contributed by atoms with Crippen molar-refractivity contribution in [2.45, 2.75) is 96.7 Å². The molecule has 5 aliphatic rings.